The summed E-state index contributed by atoms with van der Waals surface area (Å²) in [6.07, 6.45) is 0. The highest BCUT2D eigenvalue weighted by atomic mass is 32.2. The van der Waals surface area contributed by atoms with Crippen LogP contribution in [-0.2, 0) is 10.2 Å². The van der Waals surface area contributed by atoms with Crippen LogP contribution in [0.25, 0.3) is 0 Å². The van der Waals surface area contributed by atoms with Gasteiger partial charge in [-0.3, -0.25) is 4.72 Å². The van der Waals surface area contributed by atoms with Gasteiger partial charge in [-0.1, -0.05) is 0 Å². The summed E-state index contributed by atoms with van der Waals surface area (Å²) in [5.41, 5.74) is 0.693. The van der Waals surface area contributed by atoms with Crippen molar-refractivity contribution in [3.8, 4) is 0 Å². The van der Waals surface area contributed by atoms with Gasteiger partial charge in [0.2, 0.25) is 0 Å². The lowest BCUT2D eigenvalue weighted by molar-refractivity contribution is 0.0703. The molecule has 3 N–H and O–H groups in total. The second kappa shape index (κ2) is 4.17. The molecule has 0 saturated heterocycles. The fourth-order valence-electron chi connectivity index (χ4n) is 0.914. The van der Waals surface area contributed by atoms with Crippen LogP contribution in [-0.4, -0.2) is 26.5 Å². The van der Waals surface area contributed by atoms with Gasteiger partial charge in [0.1, 0.15) is 4.88 Å². The third kappa shape index (κ3) is 2.67. The van der Waals surface area contributed by atoms with Crippen molar-refractivity contribution in [3.63, 3.8) is 0 Å². The number of aryl methyl sites for hydroxylation is 1. The monoisotopic (exact) mass is 250 g/mol. The Kier molecular flexibility index (Phi) is 3.32. The zero-order chi connectivity index (χ0) is 11.6. The molecule has 0 fully saturated rings. The Morgan fingerprint density at radius 1 is 1.53 bits per heavy atom. The molecule has 0 atom stereocenters. The number of hydrogen-bond acceptors (Lipinski definition) is 4. The van der Waals surface area contributed by atoms with Crippen molar-refractivity contribution < 1.29 is 18.3 Å². The van der Waals surface area contributed by atoms with Gasteiger partial charge >= 0.3 is 5.97 Å². The molecule has 6 nitrogen and oxygen atoms in total. The van der Waals surface area contributed by atoms with Crippen LogP contribution in [0.5, 0.6) is 0 Å². The van der Waals surface area contributed by atoms with Crippen LogP contribution in [0.15, 0.2) is 5.38 Å². The first-order chi connectivity index (χ1) is 6.87. The Morgan fingerprint density at radius 3 is 2.60 bits per heavy atom. The Bertz CT molecular complexity index is 477. The van der Waals surface area contributed by atoms with E-state index < -0.39 is 16.2 Å². The van der Waals surface area contributed by atoms with E-state index in [1.165, 1.54) is 7.05 Å². The van der Waals surface area contributed by atoms with Crippen molar-refractivity contribution in [2.45, 2.75) is 6.92 Å². The molecule has 0 aromatic carbocycles. The Hall–Kier alpha value is -1.12. The lowest BCUT2D eigenvalue weighted by Gasteiger charge is -2.06. The van der Waals surface area contributed by atoms with Gasteiger partial charge < -0.3 is 5.11 Å². The minimum Gasteiger partial charge on any atom is -0.477 e. The highest BCUT2D eigenvalue weighted by Gasteiger charge is 2.18. The molecule has 0 aliphatic rings. The predicted octanol–water partition coefficient (Wildman–Crippen LogP) is 0.631. The van der Waals surface area contributed by atoms with Crippen molar-refractivity contribution >= 4 is 33.2 Å². The van der Waals surface area contributed by atoms with Gasteiger partial charge in [-0.05, 0) is 17.9 Å². The molecule has 1 rings (SSSR count). The van der Waals surface area contributed by atoms with E-state index in [1.54, 1.807) is 12.3 Å². The molecule has 15 heavy (non-hydrogen) atoms. The fourth-order valence-corrected chi connectivity index (χ4v) is 2.46. The molecule has 0 aliphatic carbocycles. The van der Waals surface area contributed by atoms with Gasteiger partial charge in [0.05, 0.1) is 5.69 Å². The molecule has 8 heteroatoms. The topological polar surface area (TPSA) is 95.5 Å². The van der Waals surface area contributed by atoms with E-state index in [9.17, 15) is 13.2 Å². The van der Waals surface area contributed by atoms with Gasteiger partial charge in [-0.15, -0.1) is 11.3 Å². The van der Waals surface area contributed by atoms with E-state index in [0.29, 0.717) is 5.56 Å². The molecule has 1 heterocycles. The van der Waals surface area contributed by atoms with Crippen molar-refractivity contribution in [2.24, 2.45) is 0 Å². The first-order valence-corrected chi connectivity index (χ1v) is 6.26. The molecule has 1 aromatic rings. The van der Waals surface area contributed by atoms with Crippen LogP contribution < -0.4 is 9.44 Å². The maximum atomic E-state index is 11.2. The number of rotatable bonds is 4. The summed E-state index contributed by atoms with van der Waals surface area (Å²) in [5, 5.41) is 10.4. The van der Waals surface area contributed by atoms with E-state index in [2.05, 4.69) is 4.72 Å². The SMILES string of the molecule is CNS(=O)(=O)Nc1c(C)csc1C(=O)O. The number of aromatic carboxylic acids is 1. The second-order valence-corrected chi connectivity index (χ2v) is 5.24. The van der Waals surface area contributed by atoms with Gasteiger partial charge in [0.25, 0.3) is 10.2 Å². The third-order valence-corrected chi connectivity index (χ3v) is 3.77. The molecule has 0 radical (unpaired) electrons. The quantitative estimate of drug-likeness (QED) is 0.730. The summed E-state index contributed by atoms with van der Waals surface area (Å²) in [4.78, 5) is 10.7. The van der Waals surface area contributed by atoms with Crippen LogP contribution >= 0.6 is 11.3 Å². The average Bonchev–Trinajstić information content (AvgIpc) is 2.48. The lowest BCUT2D eigenvalue weighted by Crippen LogP contribution is -2.27. The number of nitrogens with one attached hydrogen (secondary N) is 2. The number of carboxylic acids is 1. The van der Waals surface area contributed by atoms with E-state index in [0.717, 1.165) is 11.3 Å². The molecular weight excluding hydrogens is 240 g/mol. The van der Waals surface area contributed by atoms with Crippen LogP contribution in [0.4, 0.5) is 5.69 Å². The second-order valence-electron chi connectivity index (χ2n) is 2.74. The summed E-state index contributed by atoms with van der Waals surface area (Å²) in [6, 6.07) is 0. The van der Waals surface area contributed by atoms with Crippen LogP contribution in [0.3, 0.4) is 0 Å². The number of hydrogen-bond donors (Lipinski definition) is 3. The first kappa shape index (κ1) is 12.0. The minimum atomic E-state index is -3.68. The maximum absolute atomic E-state index is 11.2. The highest BCUT2D eigenvalue weighted by Crippen LogP contribution is 2.28. The maximum Gasteiger partial charge on any atom is 0.348 e. The van der Waals surface area contributed by atoms with Crippen molar-refractivity contribution in [3.05, 3.63) is 15.8 Å². The minimum absolute atomic E-state index is 0.0219. The summed E-state index contributed by atoms with van der Waals surface area (Å²) < 4.78 is 26.6. The number of thiophene rings is 1. The largest absolute Gasteiger partial charge is 0.477 e. The number of anilines is 1. The molecule has 0 saturated carbocycles. The summed E-state index contributed by atoms with van der Waals surface area (Å²) in [7, 11) is -2.44. The van der Waals surface area contributed by atoms with Gasteiger partial charge in [-0.25, -0.2) is 9.52 Å². The summed E-state index contributed by atoms with van der Waals surface area (Å²) in [6.45, 7) is 1.64. The Balaban J connectivity index is 3.14. The van der Waals surface area contributed by atoms with Crippen molar-refractivity contribution in [1.82, 2.24) is 4.72 Å². The van der Waals surface area contributed by atoms with Crippen LogP contribution in [0.1, 0.15) is 15.2 Å². The Labute approximate surface area is 91.1 Å². The molecule has 84 valence electrons. The van der Waals surface area contributed by atoms with Crippen molar-refractivity contribution in [2.75, 3.05) is 11.8 Å². The molecule has 0 aliphatic heterocycles. The average molecular weight is 250 g/mol. The van der Waals surface area contributed by atoms with E-state index >= 15 is 0 Å². The van der Waals surface area contributed by atoms with E-state index in [1.807, 2.05) is 4.72 Å². The van der Waals surface area contributed by atoms with Gasteiger partial charge in [0.15, 0.2) is 0 Å². The smallest absolute Gasteiger partial charge is 0.348 e. The zero-order valence-electron chi connectivity index (χ0n) is 8.07. The molecule has 1 aromatic heterocycles. The molecule has 0 bridgehead atoms. The molecule has 0 unspecified atom stereocenters. The van der Waals surface area contributed by atoms with E-state index in [4.69, 9.17) is 5.11 Å². The van der Waals surface area contributed by atoms with Crippen LogP contribution in [0.2, 0.25) is 0 Å². The fraction of sp³-hybridized carbons (Fsp3) is 0.286. The first-order valence-electron chi connectivity index (χ1n) is 3.90. The zero-order valence-corrected chi connectivity index (χ0v) is 9.70. The summed E-state index contributed by atoms with van der Waals surface area (Å²) in [5.74, 6) is -1.15. The predicted molar refractivity (Wildman–Crippen MR) is 57.6 cm³/mol. The third-order valence-electron chi connectivity index (χ3n) is 1.67. The Morgan fingerprint density at radius 2 is 2.13 bits per heavy atom. The van der Waals surface area contributed by atoms with Crippen molar-refractivity contribution in [1.29, 1.82) is 0 Å². The number of carbonyl (C=O) groups is 1. The highest BCUT2D eigenvalue weighted by molar-refractivity contribution is 7.90. The molecule has 0 spiro atoms. The number of carboxylic acid groups (broad SMARTS) is 1. The lowest BCUT2D eigenvalue weighted by atomic mass is 10.3. The van der Waals surface area contributed by atoms with Gasteiger partial charge in [-0.2, -0.15) is 8.42 Å². The van der Waals surface area contributed by atoms with Gasteiger partial charge in [0, 0.05) is 7.05 Å². The normalized spacial score (nSPS) is 11.3. The van der Waals surface area contributed by atoms with E-state index in [-0.39, 0.29) is 10.6 Å². The van der Waals surface area contributed by atoms with Crippen LogP contribution in [0, 0.1) is 6.92 Å². The standard InChI is InChI=1S/C7H10N2O4S2/c1-4-3-14-6(7(10)11)5(4)9-15(12,13)8-2/h3,8-9H,1-2H3,(H,10,11). The molecular formula is C7H10N2O4S2. The molecule has 0 amide bonds. The summed E-state index contributed by atoms with van der Waals surface area (Å²) >= 11 is 0.981.